The number of aromatic nitrogens is 3. The average Bonchev–Trinajstić information content (AvgIpc) is 2.85. The van der Waals surface area contributed by atoms with Gasteiger partial charge in [0.15, 0.2) is 5.65 Å². The first kappa shape index (κ1) is 23.1. The van der Waals surface area contributed by atoms with Crippen LogP contribution in [0.3, 0.4) is 0 Å². The van der Waals surface area contributed by atoms with Crippen LogP contribution in [-0.4, -0.2) is 59.9 Å². The number of pyridine rings is 1. The second-order valence-electron chi connectivity index (χ2n) is 8.37. The molecular weight excluding hydrogens is 471 g/mol. The summed E-state index contributed by atoms with van der Waals surface area (Å²) in [5, 5.41) is 3.79. The molecule has 1 aliphatic rings. The first-order valence-corrected chi connectivity index (χ1v) is 11.5. The maximum Gasteiger partial charge on any atom is 0.293 e. The molecule has 3 heterocycles. The number of likely N-dealkylation sites (N-methyl/N-ethyl adjacent to an activating group) is 1. The van der Waals surface area contributed by atoms with Gasteiger partial charge in [-0.1, -0.05) is 17.7 Å². The van der Waals surface area contributed by atoms with Crippen molar-refractivity contribution in [1.29, 1.82) is 0 Å². The van der Waals surface area contributed by atoms with E-state index in [1.54, 1.807) is 6.20 Å². The summed E-state index contributed by atoms with van der Waals surface area (Å²) in [6.45, 7) is 4.06. The summed E-state index contributed by atoms with van der Waals surface area (Å²) < 4.78 is 15.5. The van der Waals surface area contributed by atoms with Gasteiger partial charge in [-0.25, -0.2) is 9.37 Å². The smallest absolute Gasteiger partial charge is 0.293 e. The van der Waals surface area contributed by atoms with Crippen LogP contribution in [0.1, 0.15) is 0 Å². The highest BCUT2D eigenvalue weighted by atomic mass is 35.5. The van der Waals surface area contributed by atoms with Gasteiger partial charge >= 0.3 is 0 Å². The molecule has 1 fully saturated rings. The molecule has 0 aliphatic carbocycles. The first-order valence-electron chi connectivity index (χ1n) is 11.2. The highest BCUT2D eigenvalue weighted by molar-refractivity contribution is 6.33. The molecular formula is C25H24ClFN6O2. The number of benzene rings is 2. The van der Waals surface area contributed by atoms with Crippen molar-refractivity contribution in [3.63, 3.8) is 0 Å². The number of nitrogens with one attached hydrogen (secondary N) is 1. The number of nitrogens with zero attached hydrogens (tertiary/aromatic N) is 5. The van der Waals surface area contributed by atoms with Gasteiger partial charge in [0, 0.05) is 54.7 Å². The van der Waals surface area contributed by atoms with Crippen LogP contribution in [0.4, 0.5) is 21.7 Å². The summed E-state index contributed by atoms with van der Waals surface area (Å²) in [7, 11) is 3.48. The van der Waals surface area contributed by atoms with Crippen LogP contribution >= 0.6 is 11.6 Å². The molecule has 180 valence electrons. The summed E-state index contributed by atoms with van der Waals surface area (Å²) in [6.07, 6.45) is 1.55. The molecule has 1 saturated heterocycles. The Morgan fingerprint density at radius 2 is 1.83 bits per heavy atom. The largest absolute Gasteiger partial charge is 0.412 e. The van der Waals surface area contributed by atoms with Gasteiger partial charge in [-0.15, -0.1) is 4.73 Å². The summed E-state index contributed by atoms with van der Waals surface area (Å²) in [5.41, 5.74) is 1.72. The Morgan fingerprint density at radius 1 is 1.09 bits per heavy atom. The van der Waals surface area contributed by atoms with E-state index in [1.807, 2.05) is 12.1 Å². The van der Waals surface area contributed by atoms with E-state index in [2.05, 4.69) is 44.3 Å². The fraction of sp³-hybridized carbons (Fsp3) is 0.240. The quantitative estimate of drug-likeness (QED) is 0.452. The van der Waals surface area contributed by atoms with Gasteiger partial charge in [0.25, 0.3) is 5.56 Å². The van der Waals surface area contributed by atoms with Crippen molar-refractivity contribution >= 4 is 40.0 Å². The molecule has 35 heavy (non-hydrogen) atoms. The molecule has 0 amide bonds. The molecule has 2 aromatic carbocycles. The Hall–Kier alpha value is -3.69. The Morgan fingerprint density at radius 3 is 2.51 bits per heavy atom. The third kappa shape index (κ3) is 4.52. The normalized spacial score (nSPS) is 14.3. The number of piperazine rings is 1. The topological polar surface area (TPSA) is 75.5 Å². The monoisotopic (exact) mass is 494 g/mol. The van der Waals surface area contributed by atoms with Crippen LogP contribution in [0, 0.1) is 5.82 Å². The molecule has 2 aromatic heterocycles. The van der Waals surface area contributed by atoms with Gasteiger partial charge in [-0.05, 0) is 49.5 Å². The lowest BCUT2D eigenvalue weighted by molar-refractivity contribution is 0.168. The zero-order chi connectivity index (χ0) is 24.5. The number of hydrogen-bond acceptors (Lipinski definition) is 7. The van der Waals surface area contributed by atoms with Crippen LogP contribution in [0.15, 0.2) is 59.5 Å². The van der Waals surface area contributed by atoms with Crippen molar-refractivity contribution in [3.8, 4) is 11.1 Å². The highest BCUT2D eigenvalue weighted by Gasteiger charge is 2.19. The maximum absolute atomic E-state index is 14.5. The van der Waals surface area contributed by atoms with Crippen molar-refractivity contribution in [1.82, 2.24) is 19.6 Å². The van der Waals surface area contributed by atoms with E-state index in [1.165, 1.54) is 31.4 Å². The molecule has 10 heteroatoms. The van der Waals surface area contributed by atoms with E-state index in [9.17, 15) is 9.18 Å². The SMILES string of the molecule is COn1c(=O)c(-c2c(F)cccc2Cl)cc2cnc(Nc3ccc(N4CCN(C)CC4)cc3)nc21. The van der Waals surface area contributed by atoms with Crippen molar-refractivity contribution in [2.45, 2.75) is 0 Å². The van der Waals surface area contributed by atoms with Gasteiger partial charge < -0.3 is 20.0 Å². The van der Waals surface area contributed by atoms with Crippen LogP contribution in [0.25, 0.3) is 22.2 Å². The molecule has 5 rings (SSSR count). The third-order valence-electron chi connectivity index (χ3n) is 6.11. The van der Waals surface area contributed by atoms with E-state index in [-0.39, 0.29) is 21.8 Å². The lowest BCUT2D eigenvalue weighted by Gasteiger charge is -2.34. The molecule has 1 aliphatic heterocycles. The summed E-state index contributed by atoms with van der Waals surface area (Å²) in [6, 6.07) is 13.8. The number of fused-ring (bicyclic) bond motifs is 1. The minimum atomic E-state index is -0.601. The Balaban J connectivity index is 1.45. The van der Waals surface area contributed by atoms with Gasteiger partial charge in [0.1, 0.15) is 12.9 Å². The Labute approximate surface area is 206 Å². The Kier molecular flexibility index (Phi) is 6.27. The first-order chi connectivity index (χ1) is 16.9. The summed E-state index contributed by atoms with van der Waals surface area (Å²) in [4.78, 5) is 31.9. The highest BCUT2D eigenvalue weighted by Crippen LogP contribution is 2.30. The van der Waals surface area contributed by atoms with Crippen LogP contribution in [0.5, 0.6) is 0 Å². The van der Waals surface area contributed by atoms with E-state index in [0.29, 0.717) is 11.3 Å². The number of anilines is 3. The Bertz CT molecular complexity index is 1410. The second-order valence-corrected chi connectivity index (χ2v) is 8.78. The van der Waals surface area contributed by atoms with E-state index in [0.717, 1.165) is 42.3 Å². The lowest BCUT2D eigenvalue weighted by Crippen LogP contribution is -2.44. The maximum atomic E-state index is 14.5. The predicted octanol–water partition coefficient (Wildman–Crippen LogP) is 3.80. The fourth-order valence-corrected chi connectivity index (χ4v) is 4.45. The molecule has 0 spiro atoms. The predicted molar refractivity (Wildman–Crippen MR) is 136 cm³/mol. The molecule has 0 unspecified atom stereocenters. The van der Waals surface area contributed by atoms with Crippen molar-refractivity contribution < 1.29 is 9.23 Å². The van der Waals surface area contributed by atoms with E-state index >= 15 is 0 Å². The van der Waals surface area contributed by atoms with Crippen LogP contribution < -0.4 is 20.6 Å². The van der Waals surface area contributed by atoms with Gasteiger partial charge in [0.2, 0.25) is 5.95 Å². The van der Waals surface area contributed by atoms with Gasteiger partial charge in [0.05, 0.1) is 10.6 Å². The summed E-state index contributed by atoms with van der Waals surface area (Å²) in [5.74, 6) is -0.303. The van der Waals surface area contributed by atoms with E-state index in [4.69, 9.17) is 16.4 Å². The van der Waals surface area contributed by atoms with Crippen molar-refractivity contribution in [2.24, 2.45) is 0 Å². The third-order valence-corrected chi connectivity index (χ3v) is 6.42. The zero-order valence-corrected chi connectivity index (χ0v) is 20.1. The minimum Gasteiger partial charge on any atom is -0.412 e. The minimum absolute atomic E-state index is 0.00880. The van der Waals surface area contributed by atoms with E-state index < -0.39 is 11.4 Å². The van der Waals surface area contributed by atoms with Gasteiger partial charge in [-0.2, -0.15) is 4.98 Å². The molecule has 4 aromatic rings. The molecule has 1 N–H and O–H groups in total. The lowest BCUT2D eigenvalue weighted by atomic mass is 10.1. The van der Waals surface area contributed by atoms with Crippen molar-refractivity contribution in [2.75, 3.05) is 50.6 Å². The number of hydrogen-bond donors (Lipinski definition) is 1. The van der Waals surface area contributed by atoms with Crippen LogP contribution in [-0.2, 0) is 0 Å². The zero-order valence-electron chi connectivity index (χ0n) is 19.3. The average molecular weight is 495 g/mol. The van der Waals surface area contributed by atoms with Crippen molar-refractivity contribution in [3.05, 3.63) is 75.9 Å². The fourth-order valence-electron chi connectivity index (χ4n) is 4.18. The molecule has 0 atom stereocenters. The standard InChI is InChI=1S/C25H24ClFN6O2/c1-31-10-12-32(13-11-31)18-8-6-17(7-9-18)29-25-28-15-16-14-19(22-20(26)4-3-5-21(22)27)24(34)33(35-2)23(16)30-25/h3-9,14-15H,10-13H2,1-2H3,(H,28,29,30). The second kappa shape index (κ2) is 9.52. The van der Waals surface area contributed by atoms with Gasteiger partial charge in [-0.3, -0.25) is 4.79 Å². The molecule has 0 bridgehead atoms. The number of halogens is 2. The number of rotatable bonds is 5. The molecule has 8 nitrogen and oxygen atoms in total. The molecule has 0 saturated carbocycles. The molecule has 0 radical (unpaired) electrons. The van der Waals surface area contributed by atoms with Crippen LogP contribution in [0.2, 0.25) is 5.02 Å². The summed E-state index contributed by atoms with van der Waals surface area (Å²) >= 11 is 6.19.